The average molecular weight is 303 g/mol. The predicted octanol–water partition coefficient (Wildman–Crippen LogP) is 2.42. The van der Waals surface area contributed by atoms with Gasteiger partial charge in [-0.3, -0.25) is 4.90 Å². The summed E-state index contributed by atoms with van der Waals surface area (Å²) in [6.07, 6.45) is 0.188. The van der Waals surface area contributed by atoms with Gasteiger partial charge in [-0.1, -0.05) is 0 Å². The molecule has 2 atom stereocenters. The summed E-state index contributed by atoms with van der Waals surface area (Å²) in [5.74, 6) is 0.140. The van der Waals surface area contributed by atoms with E-state index in [0.29, 0.717) is 30.3 Å². The van der Waals surface area contributed by atoms with Crippen LogP contribution >= 0.6 is 0 Å². The Morgan fingerprint density at radius 2 is 2.14 bits per heavy atom. The van der Waals surface area contributed by atoms with Crippen molar-refractivity contribution >= 4 is 11.0 Å². The molecule has 1 aromatic carbocycles. The molecule has 1 saturated heterocycles. The highest BCUT2D eigenvalue weighted by Gasteiger charge is 2.24. The van der Waals surface area contributed by atoms with E-state index in [1.165, 1.54) is 0 Å². The molecule has 0 saturated carbocycles. The van der Waals surface area contributed by atoms with Gasteiger partial charge in [-0.15, -0.1) is 0 Å². The van der Waals surface area contributed by atoms with Gasteiger partial charge in [0.15, 0.2) is 0 Å². The first-order valence-electron chi connectivity index (χ1n) is 7.56. The molecular formula is C17H21NO4. The van der Waals surface area contributed by atoms with Crippen LogP contribution in [0.1, 0.15) is 25.0 Å². The topological polar surface area (TPSA) is 62.9 Å². The van der Waals surface area contributed by atoms with Crippen LogP contribution in [0, 0.1) is 6.92 Å². The van der Waals surface area contributed by atoms with Crippen molar-refractivity contribution in [3.63, 3.8) is 0 Å². The van der Waals surface area contributed by atoms with Crippen molar-refractivity contribution in [1.29, 1.82) is 0 Å². The van der Waals surface area contributed by atoms with E-state index in [0.717, 1.165) is 17.5 Å². The van der Waals surface area contributed by atoms with Crippen molar-refractivity contribution in [2.24, 2.45) is 0 Å². The molecule has 1 aliphatic heterocycles. The molecule has 0 unspecified atom stereocenters. The second kappa shape index (κ2) is 5.74. The standard InChI is InChI=1S/C17H21NO4/c1-10-9-21-11(2)7-18(10)8-13-6-16(20)22-17-12(3)15(19)5-4-14(13)17/h4-6,10-11,19H,7-9H2,1-3H3/t10-,11+/m0/s1. The van der Waals surface area contributed by atoms with Gasteiger partial charge in [-0.2, -0.15) is 0 Å². The molecule has 1 aromatic heterocycles. The van der Waals surface area contributed by atoms with E-state index in [1.54, 1.807) is 19.1 Å². The van der Waals surface area contributed by atoms with Gasteiger partial charge in [-0.25, -0.2) is 4.79 Å². The van der Waals surface area contributed by atoms with Crippen LogP contribution < -0.4 is 5.63 Å². The Balaban J connectivity index is 2.03. The number of ether oxygens (including phenoxy) is 1. The van der Waals surface area contributed by atoms with Crippen molar-refractivity contribution in [3.05, 3.63) is 39.7 Å². The minimum Gasteiger partial charge on any atom is -0.508 e. The zero-order valence-corrected chi connectivity index (χ0v) is 13.1. The smallest absolute Gasteiger partial charge is 0.336 e. The van der Waals surface area contributed by atoms with E-state index in [9.17, 15) is 9.90 Å². The van der Waals surface area contributed by atoms with E-state index >= 15 is 0 Å². The van der Waals surface area contributed by atoms with Crippen molar-refractivity contribution in [2.75, 3.05) is 13.2 Å². The molecule has 1 fully saturated rings. The lowest BCUT2D eigenvalue weighted by atomic mass is 10.0. The number of aromatic hydroxyl groups is 1. The van der Waals surface area contributed by atoms with E-state index in [1.807, 2.05) is 6.07 Å². The number of phenols is 1. The van der Waals surface area contributed by atoms with E-state index in [2.05, 4.69) is 18.7 Å². The van der Waals surface area contributed by atoms with Crippen molar-refractivity contribution in [2.45, 2.75) is 39.5 Å². The second-order valence-electron chi connectivity index (χ2n) is 6.10. The molecular weight excluding hydrogens is 282 g/mol. The highest BCUT2D eigenvalue weighted by atomic mass is 16.5. The highest BCUT2D eigenvalue weighted by molar-refractivity contribution is 5.84. The van der Waals surface area contributed by atoms with Gasteiger partial charge in [0, 0.05) is 36.1 Å². The third-order valence-electron chi connectivity index (χ3n) is 4.33. The number of rotatable bonds is 2. The average Bonchev–Trinajstić information content (AvgIpc) is 2.47. The molecule has 0 spiro atoms. The molecule has 0 radical (unpaired) electrons. The van der Waals surface area contributed by atoms with Crippen molar-refractivity contribution in [3.8, 4) is 5.75 Å². The SMILES string of the molecule is Cc1c(O)ccc2c(CN3C[C@@H](C)OC[C@@H]3C)cc(=O)oc12. The Hall–Kier alpha value is -1.85. The van der Waals surface area contributed by atoms with Crippen molar-refractivity contribution in [1.82, 2.24) is 4.90 Å². The minimum atomic E-state index is -0.384. The molecule has 3 rings (SSSR count). The lowest BCUT2D eigenvalue weighted by molar-refractivity contribution is -0.0525. The minimum absolute atomic E-state index is 0.140. The third-order valence-corrected chi connectivity index (χ3v) is 4.33. The van der Waals surface area contributed by atoms with Crippen LogP contribution in [-0.2, 0) is 11.3 Å². The fourth-order valence-electron chi connectivity index (χ4n) is 2.96. The Morgan fingerprint density at radius 3 is 2.91 bits per heavy atom. The fraction of sp³-hybridized carbons (Fsp3) is 0.471. The molecule has 1 aliphatic rings. The number of morpholine rings is 1. The number of hydrogen-bond acceptors (Lipinski definition) is 5. The molecule has 22 heavy (non-hydrogen) atoms. The van der Waals surface area contributed by atoms with Crippen LogP contribution in [0.2, 0.25) is 0 Å². The summed E-state index contributed by atoms with van der Waals surface area (Å²) < 4.78 is 10.9. The molecule has 0 aliphatic carbocycles. The van der Waals surface area contributed by atoms with Crippen LogP contribution in [0.3, 0.4) is 0 Å². The maximum atomic E-state index is 11.9. The zero-order valence-electron chi connectivity index (χ0n) is 13.1. The molecule has 2 aromatic rings. The molecule has 5 heteroatoms. The molecule has 2 heterocycles. The number of aryl methyl sites for hydroxylation is 1. The Labute approximate surface area is 129 Å². The quantitative estimate of drug-likeness (QED) is 0.863. The van der Waals surface area contributed by atoms with Crippen LogP contribution in [0.15, 0.2) is 27.4 Å². The highest BCUT2D eigenvalue weighted by Crippen LogP contribution is 2.28. The Bertz CT molecular complexity index is 752. The zero-order chi connectivity index (χ0) is 15.9. The lowest BCUT2D eigenvalue weighted by Gasteiger charge is -2.36. The summed E-state index contributed by atoms with van der Waals surface area (Å²) in [5, 5.41) is 10.7. The summed E-state index contributed by atoms with van der Waals surface area (Å²) in [5.41, 5.74) is 1.61. The van der Waals surface area contributed by atoms with Crippen molar-refractivity contribution < 1.29 is 14.3 Å². The first-order chi connectivity index (χ1) is 10.5. The van der Waals surface area contributed by atoms with Crippen LogP contribution in [0.25, 0.3) is 11.0 Å². The van der Waals surface area contributed by atoms with E-state index in [4.69, 9.17) is 9.15 Å². The maximum absolute atomic E-state index is 11.9. The summed E-state index contributed by atoms with van der Waals surface area (Å²) in [7, 11) is 0. The monoisotopic (exact) mass is 303 g/mol. The molecule has 0 amide bonds. The largest absolute Gasteiger partial charge is 0.508 e. The second-order valence-corrected chi connectivity index (χ2v) is 6.10. The van der Waals surface area contributed by atoms with Gasteiger partial charge >= 0.3 is 5.63 Å². The first-order valence-corrected chi connectivity index (χ1v) is 7.56. The van der Waals surface area contributed by atoms with Gasteiger partial charge in [0.25, 0.3) is 0 Å². The summed E-state index contributed by atoms with van der Waals surface area (Å²) in [6, 6.07) is 5.31. The van der Waals surface area contributed by atoms with Crippen LogP contribution in [0.4, 0.5) is 0 Å². The Morgan fingerprint density at radius 1 is 1.36 bits per heavy atom. The number of nitrogens with zero attached hydrogens (tertiary/aromatic N) is 1. The molecule has 118 valence electrons. The third kappa shape index (κ3) is 2.74. The van der Waals surface area contributed by atoms with Gasteiger partial charge in [0.05, 0.1) is 12.7 Å². The number of benzene rings is 1. The first kappa shape index (κ1) is 15.1. The molecule has 5 nitrogen and oxygen atoms in total. The van der Waals surface area contributed by atoms with Gasteiger partial charge in [-0.05, 0) is 38.5 Å². The lowest BCUT2D eigenvalue weighted by Crippen LogP contribution is -2.46. The number of fused-ring (bicyclic) bond motifs is 1. The van der Waals surface area contributed by atoms with Gasteiger partial charge < -0.3 is 14.3 Å². The van der Waals surface area contributed by atoms with Crippen LogP contribution in [-0.4, -0.2) is 35.3 Å². The fourth-order valence-corrected chi connectivity index (χ4v) is 2.96. The van der Waals surface area contributed by atoms with Crippen LogP contribution in [0.5, 0.6) is 5.75 Å². The summed E-state index contributed by atoms with van der Waals surface area (Å²) >= 11 is 0. The van der Waals surface area contributed by atoms with E-state index < -0.39 is 0 Å². The van der Waals surface area contributed by atoms with Gasteiger partial charge in [0.1, 0.15) is 11.3 Å². The maximum Gasteiger partial charge on any atom is 0.336 e. The van der Waals surface area contributed by atoms with E-state index in [-0.39, 0.29) is 17.5 Å². The summed E-state index contributed by atoms with van der Waals surface area (Å²) in [4.78, 5) is 14.2. The number of hydrogen-bond donors (Lipinski definition) is 1. The molecule has 0 bridgehead atoms. The number of phenolic OH excluding ortho intramolecular Hbond substituents is 1. The predicted molar refractivity (Wildman–Crippen MR) is 84.2 cm³/mol. The normalized spacial score (nSPS) is 23.0. The molecule has 1 N–H and O–H groups in total. The summed E-state index contributed by atoms with van der Waals surface area (Å²) in [6.45, 7) is 8.13. The Kier molecular flexibility index (Phi) is 3.93. The van der Waals surface area contributed by atoms with Gasteiger partial charge in [0.2, 0.25) is 0 Å².